The standard InChI is InChI=1S/C22H23N3O5/c1-15-4-6-16(7-5-15)13-24-10-11-25(22(28)21(24)27)14-20(26)23-17-8-9-18(29-2)19(12-17)30-3/h4-12H,13-14H2,1-3H3,(H,23,26). The van der Waals surface area contributed by atoms with Crippen molar-refractivity contribution in [2.45, 2.75) is 20.0 Å². The summed E-state index contributed by atoms with van der Waals surface area (Å²) in [5.74, 6) is 0.551. The maximum atomic E-state index is 12.4. The summed E-state index contributed by atoms with van der Waals surface area (Å²) in [7, 11) is 3.01. The van der Waals surface area contributed by atoms with Crippen molar-refractivity contribution in [3.05, 3.63) is 86.7 Å². The van der Waals surface area contributed by atoms with Gasteiger partial charge in [0.15, 0.2) is 11.5 Å². The van der Waals surface area contributed by atoms with Crippen LogP contribution < -0.4 is 25.9 Å². The molecule has 0 aliphatic rings. The Kier molecular flexibility index (Phi) is 6.36. The first kappa shape index (κ1) is 20.9. The number of amides is 1. The Labute approximate surface area is 173 Å². The molecule has 0 saturated carbocycles. The van der Waals surface area contributed by atoms with Gasteiger partial charge in [-0.1, -0.05) is 29.8 Å². The summed E-state index contributed by atoms with van der Waals surface area (Å²) in [5, 5.41) is 2.68. The molecule has 0 bridgehead atoms. The molecule has 2 aromatic carbocycles. The van der Waals surface area contributed by atoms with Gasteiger partial charge < -0.3 is 19.4 Å². The van der Waals surface area contributed by atoms with Crippen molar-refractivity contribution in [1.82, 2.24) is 9.13 Å². The number of hydrogen-bond acceptors (Lipinski definition) is 5. The molecule has 30 heavy (non-hydrogen) atoms. The summed E-state index contributed by atoms with van der Waals surface area (Å²) in [6.45, 7) is 1.98. The number of hydrogen-bond donors (Lipinski definition) is 1. The van der Waals surface area contributed by atoms with E-state index in [0.717, 1.165) is 15.7 Å². The lowest BCUT2D eigenvalue weighted by molar-refractivity contribution is -0.116. The highest BCUT2D eigenvalue weighted by Crippen LogP contribution is 2.29. The third-order valence-corrected chi connectivity index (χ3v) is 4.59. The lowest BCUT2D eigenvalue weighted by Crippen LogP contribution is -2.42. The third-order valence-electron chi connectivity index (χ3n) is 4.59. The quantitative estimate of drug-likeness (QED) is 0.603. The van der Waals surface area contributed by atoms with Gasteiger partial charge in [-0.2, -0.15) is 0 Å². The predicted molar refractivity (Wildman–Crippen MR) is 113 cm³/mol. The molecule has 0 saturated heterocycles. The Hall–Kier alpha value is -3.81. The molecule has 8 nitrogen and oxygen atoms in total. The normalized spacial score (nSPS) is 10.5. The van der Waals surface area contributed by atoms with Gasteiger partial charge >= 0.3 is 11.1 Å². The minimum Gasteiger partial charge on any atom is -0.493 e. The van der Waals surface area contributed by atoms with Crippen LogP contribution in [0.4, 0.5) is 5.69 Å². The van der Waals surface area contributed by atoms with Gasteiger partial charge in [0, 0.05) is 24.1 Å². The number of carbonyl (C=O) groups excluding carboxylic acids is 1. The predicted octanol–water partition coefficient (Wildman–Crippen LogP) is 2.02. The molecule has 0 aliphatic heterocycles. The van der Waals surface area contributed by atoms with Crippen LogP contribution in [-0.4, -0.2) is 29.3 Å². The zero-order valence-electron chi connectivity index (χ0n) is 17.0. The van der Waals surface area contributed by atoms with Crippen LogP contribution in [0.5, 0.6) is 11.5 Å². The van der Waals surface area contributed by atoms with Crippen molar-refractivity contribution < 1.29 is 14.3 Å². The average molecular weight is 409 g/mol. The summed E-state index contributed by atoms with van der Waals surface area (Å²) < 4.78 is 12.8. The molecule has 3 rings (SSSR count). The fourth-order valence-corrected chi connectivity index (χ4v) is 2.95. The van der Waals surface area contributed by atoms with Crippen LogP contribution in [0.1, 0.15) is 11.1 Å². The van der Waals surface area contributed by atoms with E-state index in [4.69, 9.17) is 9.47 Å². The van der Waals surface area contributed by atoms with Crippen LogP contribution in [-0.2, 0) is 17.9 Å². The first-order chi connectivity index (χ1) is 14.4. The average Bonchev–Trinajstić information content (AvgIpc) is 2.74. The van der Waals surface area contributed by atoms with E-state index in [9.17, 15) is 14.4 Å². The fraction of sp³-hybridized carbons (Fsp3) is 0.227. The van der Waals surface area contributed by atoms with Gasteiger partial charge in [-0.3, -0.25) is 19.0 Å². The molecular formula is C22H23N3O5. The van der Waals surface area contributed by atoms with Crippen molar-refractivity contribution in [2.75, 3.05) is 19.5 Å². The fourth-order valence-electron chi connectivity index (χ4n) is 2.95. The number of aryl methyl sites for hydroxylation is 1. The number of nitrogens with one attached hydrogen (secondary N) is 1. The number of ether oxygens (including phenoxy) is 2. The minimum atomic E-state index is -0.757. The number of rotatable bonds is 7. The van der Waals surface area contributed by atoms with Crippen molar-refractivity contribution in [2.24, 2.45) is 0 Å². The van der Waals surface area contributed by atoms with Gasteiger partial charge in [0.25, 0.3) is 0 Å². The lowest BCUT2D eigenvalue weighted by Gasteiger charge is -2.12. The molecule has 0 fully saturated rings. The van der Waals surface area contributed by atoms with E-state index < -0.39 is 17.0 Å². The highest BCUT2D eigenvalue weighted by molar-refractivity contribution is 5.90. The number of benzene rings is 2. The second-order valence-electron chi connectivity index (χ2n) is 6.77. The number of anilines is 1. The molecule has 8 heteroatoms. The Morgan fingerprint density at radius 3 is 2.20 bits per heavy atom. The Morgan fingerprint density at radius 1 is 0.900 bits per heavy atom. The highest BCUT2D eigenvalue weighted by Gasteiger charge is 2.11. The van der Waals surface area contributed by atoms with Gasteiger partial charge in [0.2, 0.25) is 5.91 Å². The van der Waals surface area contributed by atoms with E-state index in [1.807, 2.05) is 31.2 Å². The molecule has 1 N–H and O–H groups in total. The monoisotopic (exact) mass is 409 g/mol. The van der Waals surface area contributed by atoms with Crippen molar-refractivity contribution in [3.63, 3.8) is 0 Å². The van der Waals surface area contributed by atoms with E-state index >= 15 is 0 Å². The van der Waals surface area contributed by atoms with Crippen LogP contribution in [0.15, 0.2) is 64.4 Å². The van der Waals surface area contributed by atoms with Gasteiger partial charge in [-0.25, -0.2) is 0 Å². The molecule has 3 aromatic rings. The summed E-state index contributed by atoms with van der Waals surface area (Å²) in [6.07, 6.45) is 2.94. The molecule has 0 atom stereocenters. The maximum Gasteiger partial charge on any atom is 0.316 e. The van der Waals surface area contributed by atoms with Crippen LogP contribution >= 0.6 is 0 Å². The molecule has 1 heterocycles. The van der Waals surface area contributed by atoms with E-state index in [2.05, 4.69) is 5.32 Å². The zero-order chi connectivity index (χ0) is 21.7. The molecule has 1 aromatic heterocycles. The van der Waals surface area contributed by atoms with Crippen molar-refractivity contribution in [1.29, 1.82) is 0 Å². The Morgan fingerprint density at radius 2 is 1.53 bits per heavy atom. The maximum absolute atomic E-state index is 12.4. The minimum absolute atomic E-state index is 0.284. The van der Waals surface area contributed by atoms with Crippen LogP contribution in [0.25, 0.3) is 0 Å². The largest absolute Gasteiger partial charge is 0.493 e. The molecule has 0 radical (unpaired) electrons. The van der Waals surface area contributed by atoms with Crippen LogP contribution in [0, 0.1) is 6.92 Å². The second kappa shape index (κ2) is 9.13. The van der Waals surface area contributed by atoms with E-state index in [0.29, 0.717) is 17.2 Å². The van der Waals surface area contributed by atoms with E-state index in [1.54, 1.807) is 18.2 Å². The van der Waals surface area contributed by atoms with Gasteiger partial charge in [0.05, 0.1) is 20.8 Å². The first-order valence-corrected chi connectivity index (χ1v) is 9.28. The summed E-state index contributed by atoms with van der Waals surface area (Å²) in [6, 6.07) is 12.6. The van der Waals surface area contributed by atoms with Gasteiger partial charge in [-0.05, 0) is 24.6 Å². The summed E-state index contributed by atoms with van der Waals surface area (Å²) in [4.78, 5) is 37.2. The van der Waals surface area contributed by atoms with Crippen molar-refractivity contribution >= 4 is 11.6 Å². The van der Waals surface area contributed by atoms with Gasteiger partial charge in [-0.15, -0.1) is 0 Å². The molecule has 1 amide bonds. The number of aromatic nitrogens is 2. The third kappa shape index (κ3) is 4.78. The van der Waals surface area contributed by atoms with Gasteiger partial charge in [0.1, 0.15) is 6.54 Å². The lowest BCUT2D eigenvalue weighted by atomic mass is 10.1. The van der Waals surface area contributed by atoms with Crippen LogP contribution in [0.3, 0.4) is 0 Å². The van der Waals surface area contributed by atoms with Crippen molar-refractivity contribution in [3.8, 4) is 11.5 Å². The molecule has 0 aliphatic carbocycles. The number of nitrogens with zero attached hydrogens (tertiary/aromatic N) is 2. The molecule has 0 spiro atoms. The smallest absolute Gasteiger partial charge is 0.316 e. The topological polar surface area (TPSA) is 91.6 Å². The molecule has 156 valence electrons. The number of carbonyl (C=O) groups is 1. The van der Waals surface area contributed by atoms with Crippen LogP contribution in [0.2, 0.25) is 0 Å². The summed E-state index contributed by atoms with van der Waals surface area (Å²) >= 11 is 0. The SMILES string of the molecule is COc1ccc(NC(=O)Cn2ccn(Cc3ccc(C)cc3)c(=O)c2=O)cc1OC. The van der Waals surface area contributed by atoms with E-state index in [1.165, 1.54) is 31.2 Å². The Balaban J connectivity index is 1.73. The van der Waals surface area contributed by atoms with E-state index in [-0.39, 0.29) is 13.1 Å². The molecular weight excluding hydrogens is 386 g/mol. The second-order valence-corrected chi connectivity index (χ2v) is 6.77. The molecule has 0 unspecified atom stereocenters. The zero-order valence-corrected chi connectivity index (χ0v) is 17.0. The Bertz CT molecular complexity index is 1160. The number of methoxy groups -OCH3 is 2. The first-order valence-electron chi connectivity index (χ1n) is 9.28. The highest BCUT2D eigenvalue weighted by atomic mass is 16.5. The summed E-state index contributed by atoms with van der Waals surface area (Å²) in [5.41, 5.74) is 1.07.